The molecule has 1 aromatic heterocycles. The van der Waals surface area contributed by atoms with Crippen LogP contribution in [0.25, 0.3) is 0 Å². The summed E-state index contributed by atoms with van der Waals surface area (Å²) in [7, 11) is 2.99. The molecule has 0 fully saturated rings. The molecule has 1 aliphatic heterocycles. The number of hydrogen-bond donors (Lipinski definition) is 2. The van der Waals surface area contributed by atoms with Crippen molar-refractivity contribution in [2.24, 2.45) is 0 Å². The Morgan fingerprint density at radius 2 is 2.18 bits per heavy atom. The minimum atomic E-state index is -0.662. The molecule has 22 heavy (non-hydrogen) atoms. The summed E-state index contributed by atoms with van der Waals surface area (Å²) in [5.41, 5.74) is 1.01. The molecule has 9 heteroatoms. The summed E-state index contributed by atoms with van der Waals surface area (Å²) in [5, 5.41) is 10.3. The van der Waals surface area contributed by atoms with Crippen molar-refractivity contribution >= 4 is 23.7 Å². The zero-order valence-electron chi connectivity index (χ0n) is 12.2. The molecule has 0 saturated heterocycles. The Balaban J connectivity index is 1.94. The van der Waals surface area contributed by atoms with Crippen molar-refractivity contribution in [1.82, 2.24) is 15.2 Å². The number of cyclic esters (lactones) is 1. The largest absolute Gasteiger partial charge is 0.493 e. The normalized spacial score (nSPS) is 16.1. The predicted octanol–water partition coefficient (Wildman–Crippen LogP) is 1.82. The van der Waals surface area contributed by atoms with Gasteiger partial charge in [0.25, 0.3) is 0 Å². The lowest BCUT2D eigenvalue weighted by atomic mass is 10.1. The van der Waals surface area contributed by atoms with Crippen LogP contribution in [-0.2, 0) is 4.74 Å². The lowest BCUT2D eigenvalue weighted by Crippen LogP contribution is -2.11. The number of carbonyl (C=O) groups is 1. The Morgan fingerprint density at radius 1 is 1.36 bits per heavy atom. The minimum Gasteiger partial charge on any atom is -0.493 e. The first kappa shape index (κ1) is 14.5. The Bertz CT molecular complexity index is 718. The third-order valence-corrected chi connectivity index (χ3v) is 3.75. The van der Waals surface area contributed by atoms with Crippen LogP contribution >= 0.6 is 11.8 Å². The highest BCUT2D eigenvalue weighted by atomic mass is 32.2. The van der Waals surface area contributed by atoms with Gasteiger partial charge < -0.3 is 19.5 Å². The van der Waals surface area contributed by atoms with Crippen LogP contribution in [0.2, 0.25) is 0 Å². The number of ether oxygens (including phenoxy) is 3. The molecule has 1 aliphatic rings. The van der Waals surface area contributed by atoms with Crippen molar-refractivity contribution in [1.29, 1.82) is 0 Å². The van der Waals surface area contributed by atoms with Crippen molar-refractivity contribution in [3.63, 3.8) is 0 Å². The van der Waals surface area contributed by atoms with E-state index in [1.54, 1.807) is 12.1 Å². The number of nitrogens with zero attached hydrogens (tertiary/aromatic N) is 2. The quantitative estimate of drug-likeness (QED) is 0.635. The number of rotatable bonds is 5. The summed E-state index contributed by atoms with van der Waals surface area (Å²) in [6.45, 7) is 0. The molecule has 0 aliphatic carbocycles. The van der Waals surface area contributed by atoms with E-state index in [9.17, 15) is 4.79 Å². The Morgan fingerprint density at radius 3 is 2.82 bits per heavy atom. The summed E-state index contributed by atoms with van der Waals surface area (Å²) >= 11 is 1.41. The van der Waals surface area contributed by atoms with E-state index in [1.807, 2.05) is 6.26 Å². The van der Waals surface area contributed by atoms with Crippen molar-refractivity contribution in [3.05, 3.63) is 23.3 Å². The number of aromatic amines is 1. The fourth-order valence-electron chi connectivity index (χ4n) is 2.23. The van der Waals surface area contributed by atoms with E-state index in [1.165, 1.54) is 26.0 Å². The van der Waals surface area contributed by atoms with Gasteiger partial charge in [0.15, 0.2) is 11.5 Å². The number of esters is 1. The topological polar surface area (TPSA) is 98.4 Å². The SMILES string of the molecule is COc1ccc2c(c1OC)C(=O)O[C@@H]2Nc1nc(SC)n[nH]1. The fraction of sp³-hybridized carbons (Fsp3) is 0.308. The van der Waals surface area contributed by atoms with Crippen LogP contribution in [0.15, 0.2) is 17.3 Å². The average Bonchev–Trinajstić information content (AvgIpc) is 3.11. The first-order valence-corrected chi connectivity index (χ1v) is 7.59. The molecule has 116 valence electrons. The minimum absolute atomic E-state index is 0.351. The number of hydrogen-bond acceptors (Lipinski definition) is 8. The maximum absolute atomic E-state index is 12.1. The summed E-state index contributed by atoms with van der Waals surface area (Å²) in [6, 6.07) is 3.48. The third-order valence-electron chi connectivity index (χ3n) is 3.20. The van der Waals surface area contributed by atoms with Gasteiger partial charge in [-0.05, 0) is 18.4 Å². The highest BCUT2D eigenvalue weighted by Crippen LogP contribution is 2.41. The van der Waals surface area contributed by atoms with E-state index in [2.05, 4.69) is 20.5 Å². The van der Waals surface area contributed by atoms with Gasteiger partial charge in [0.05, 0.1) is 14.2 Å². The number of methoxy groups -OCH3 is 2. The zero-order chi connectivity index (χ0) is 15.7. The number of H-pyrrole nitrogens is 1. The predicted molar refractivity (Wildman–Crippen MR) is 79.5 cm³/mol. The molecule has 2 N–H and O–H groups in total. The smallest absolute Gasteiger partial charge is 0.344 e. The highest BCUT2D eigenvalue weighted by Gasteiger charge is 2.36. The van der Waals surface area contributed by atoms with Crippen LogP contribution in [-0.4, -0.2) is 41.6 Å². The molecule has 0 amide bonds. The van der Waals surface area contributed by atoms with Crippen LogP contribution in [0.1, 0.15) is 22.1 Å². The lowest BCUT2D eigenvalue weighted by molar-refractivity contribution is 0.0434. The van der Waals surface area contributed by atoms with Gasteiger partial charge in [0, 0.05) is 5.56 Å². The van der Waals surface area contributed by atoms with E-state index in [-0.39, 0.29) is 0 Å². The second kappa shape index (κ2) is 5.76. The molecular formula is C13H14N4O4S. The molecule has 0 saturated carbocycles. The monoisotopic (exact) mass is 322 g/mol. The average molecular weight is 322 g/mol. The molecule has 0 radical (unpaired) electrons. The summed E-state index contributed by atoms with van der Waals surface area (Å²) in [4.78, 5) is 16.3. The number of carbonyl (C=O) groups excluding carboxylic acids is 1. The first-order chi connectivity index (χ1) is 10.7. The van der Waals surface area contributed by atoms with Gasteiger partial charge in [0.1, 0.15) is 5.56 Å². The highest BCUT2D eigenvalue weighted by molar-refractivity contribution is 7.98. The van der Waals surface area contributed by atoms with Crippen LogP contribution < -0.4 is 14.8 Å². The zero-order valence-corrected chi connectivity index (χ0v) is 13.0. The van der Waals surface area contributed by atoms with Gasteiger partial charge in [-0.2, -0.15) is 4.98 Å². The van der Waals surface area contributed by atoms with Crippen molar-refractivity contribution in [3.8, 4) is 11.5 Å². The molecular weight excluding hydrogens is 308 g/mol. The summed E-state index contributed by atoms with van der Waals surface area (Å²) in [5.74, 6) is 0.775. The van der Waals surface area contributed by atoms with Crippen molar-refractivity contribution in [2.45, 2.75) is 11.4 Å². The molecule has 3 rings (SSSR count). The van der Waals surface area contributed by atoms with Gasteiger partial charge in [0.2, 0.25) is 17.3 Å². The lowest BCUT2D eigenvalue weighted by Gasteiger charge is -2.12. The van der Waals surface area contributed by atoms with Crippen LogP contribution in [0.3, 0.4) is 0 Å². The van der Waals surface area contributed by atoms with E-state index < -0.39 is 12.2 Å². The van der Waals surface area contributed by atoms with Gasteiger partial charge in [-0.25, -0.2) is 9.89 Å². The molecule has 1 aromatic carbocycles. The number of fused-ring (bicyclic) bond motifs is 1. The van der Waals surface area contributed by atoms with Gasteiger partial charge in [-0.1, -0.05) is 11.8 Å². The standard InChI is InChI=1S/C13H14N4O4S/c1-19-7-5-4-6-8(9(7)20-2)11(18)21-10(6)14-12-15-13(22-3)17-16-12/h4-5,10H,1-3H3,(H2,14,15,16,17)/t10-/m0/s1. The molecule has 2 aromatic rings. The number of anilines is 1. The molecule has 8 nitrogen and oxygen atoms in total. The number of nitrogens with one attached hydrogen (secondary N) is 2. The molecule has 0 spiro atoms. The number of aromatic nitrogens is 3. The Kier molecular flexibility index (Phi) is 3.80. The van der Waals surface area contributed by atoms with Gasteiger partial charge in [-0.3, -0.25) is 0 Å². The molecule has 2 heterocycles. The Labute approximate surface area is 130 Å². The van der Waals surface area contributed by atoms with E-state index in [4.69, 9.17) is 14.2 Å². The van der Waals surface area contributed by atoms with E-state index in [0.29, 0.717) is 33.7 Å². The Hall–Kier alpha value is -2.42. The summed E-state index contributed by atoms with van der Waals surface area (Å²) in [6.07, 6.45) is 1.21. The van der Waals surface area contributed by atoms with Crippen molar-refractivity contribution in [2.75, 3.05) is 25.8 Å². The second-order valence-electron chi connectivity index (χ2n) is 4.37. The third kappa shape index (κ3) is 2.33. The van der Waals surface area contributed by atoms with E-state index in [0.717, 1.165) is 0 Å². The fourth-order valence-corrected chi connectivity index (χ4v) is 2.55. The van der Waals surface area contributed by atoms with Gasteiger partial charge >= 0.3 is 5.97 Å². The number of benzene rings is 1. The first-order valence-electron chi connectivity index (χ1n) is 6.36. The van der Waals surface area contributed by atoms with Crippen molar-refractivity contribution < 1.29 is 19.0 Å². The van der Waals surface area contributed by atoms with Crippen LogP contribution in [0.4, 0.5) is 5.95 Å². The molecule has 0 unspecified atom stereocenters. The molecule has 0 bridgehead atoms. The van der Waals surface area contributed by atoms with E-state index >= 15 is 0 Å². The maximum Gasteiger partial charge on any atom is 0.344 e. The van der Waals surface area contributed by atoms with Crippen LogP contribution in [0.5, 0.6) is 11.5 Å². The summed E-state index contributed by atoms with van der Waals surface area (Å²) < 4.78 is 15.8. The molecule has 1 atom stereocenters. The maximum atomic E-state index is 12.1. The number of thioether (sulfide) groups is 1. The second-order valence-corrected chi connectivity index (χ2v) is 5.14. The van der Waals surface area contributed by atoms with Gasteiger partial charge in [-0.15, -0.1) is 5.10 Å². The van der Waals surface area contributed by atoms with Crippen LogP contribution in [0, 0.1) is 0 Å².